The third kappa shape index (κ3) is 4.31. The molecule has 0 saturated carbocycles. The Morgan fingerprint density at radius 2 is 1.38 bits per heavy atom. The van der Waals surface area contributed by atoms with Gasteiger partial charge in [-0.3, -0.25) is 4.79 Å². The van der Waals surface area contributed by atoms with Crippen LogP contribution in [0, 0.1) is 0 Å². The standard InChI is InChI=1S/C23H23NO2/c1-18(21-14-8-9-15-22(21)25)24(17-20-12-6-3-7-13-20)23(26)16-19-10-4-2-5-11-19/h2-15,18,25H,16-17H2,1H3. The highest BCUT2D eigenvalue weighted by atomic mass is 16.3. The van der Waals surface area contributed by atoms with Crippen LogP contribution >= 0.6 is 0 Å². The zero-order valence-corrected chi connectivity index (χ0v) is 14.9. The van der Waals surface area contributed by atoms with E-state index in [9.17, 15) is 9.90 Å². The average molecular weight is 345 g/mol. The zero-order valence-electron chi connectivity index (χ0n) is 14.9. The van der Waals surface area contributed by atoms with Crippen LogP contribution in [-0.4, -0.2) is 15.9 Å². The lowest BCUT2D eigenvalue weighted by molar-refractivity contribution is -0.133. The van der Waals surface area contributed by atoms with Crippen molar-refractivity contribution >= 4 is 5.91 Å². The van der Waals surface area contributed by atoms with E-state index < -0.39 is 0 Å². The Labute approximate surface area is 154 Å². The Morgan fingerprint density at radius 1 is 0.846 bits per heavy atom. The van der Waals surface area contributed by atoms with E-state index >= 15 is 0 Å². The number of para-hydroxylation sites is 1. The van der Waals surface area contributed by atoms with Gasteiger partial charge in [-0.15, -0.1) is 0 Å². The minimum absolute atomic E-state index is 0.0378. The van der Waals surface area contributed by atoms with Gasteiger partial charge in [0.1, 0.15) is 5.75 Å². The molecule has 3 heteroatoms. The maximum Gasteiger partial charge on any atom is 0.227 e. The van der Waals surface area contributed by atoms with Crippen LogP contribution in [-0.2, 0) is 17.8 Å². The van der Waals surface area contributed by atoms with Gasteiger partial charge in [0.05, 0.1) is 12.5 Å². The summed E-state index contributed by atoms with van der Waals surface area (Å²) in [6.07, 6.45) is 0.339. The number of benzene rings is 3. The van der Waals surface area contributed by atoms with Gasteiger partial charge in [-0.25, -0.2) is 0 Å². The third-order valence-corrected chi connectivity index (χ3v) is 4.57. The summed E-state index contributed by atoms with van der Waals surface area (Å²) >= 11 is 0. The number of rotatable bonds is 6. The number of amides is 1. The molecule has 26 heavy (non-hydrogen) atoms. The van der Waals surface area contributed by atoms with Gasteiger partial charge in [-0.05, 0) is 24.1 Å². The maximum atomic E-state index is 13.1. The lowest BCUT2D eigenvalue weighted by atomic mass is 10.0. The minimum Gasteiger partial charge on any atom is -0.508 e. The van der Waals surface area contributed by atoms with E-state index in [4.69, 9.17) is 0 Å². The molecule has 3 aromatic rings. The van der Waals surface area contributed by atoms with Crippen molar-refractivity contribution in [2.75, 3.05) is 0 Å². The first-order valence-electron chi connectivity index (χ1n) is 8.80. The maximum absolute atomic E-state index is 13.1. The van der Waals surface area contributed by atoms with Crippen LogP contribution in [0.3, 0.4) is 0 Å². The van der Waals surface area contributed by atoms with Crippen LogP contribution in [0.5, 0.6) is 5.75 Å². The topological polar surface area (TPSA) is 40.5 Å². The summed E-state index contributed by atoms with van der Waals surface area (Å²) in [6.45, 7) is 2.46. The van der Waals surface area contributed by atoms with Crippen molar-refractivity contribution in [1.82, 2.24) is 4.90 Å². The van der Waals surface area contributed by atoms with Gasteiger partial charge >= 0.3 is 0 Å². The van der Waals surface area contributed by atoms with Crippen LogP contribution < -0.4 is 0 Å². The predicted molar refractivity (Wildman–Crippen MR) is 104 cm³/mol. The number of hydrogen-bond acceptors (Lipinski definition) is 2. The van der Waals surface area contributed by atoms with Crippen molar-refractivity contribution in [3.8, 4) is 5.75 Å². The van der Waals surface area contributed by atoms with Gasteiger partial charge in [0.25, 0.3) is 0 Å². The molecule has 132 valence electrons. The molecule has 0 saturated heterocycles. The summed E-state index contributed by atoms with van der Waals surface area (Å²) < 4.78 is 0. The molecule has 1 unspecified atom stereocenters. The molecular weight excluding hydrogens is 322 g/mol. The highest BCUT2D eigenvalue weighted by Crippen LogP contribution is 2.29. The quantitative estimate of drug-likeness (QED) is 0.702. The van der Waals surface area contributed by atoms with E-state index in [1.807, 2.05) is 84.6 Å². The van der Waals surface area contributed by atoms with Gasteiger partial charge < -0.3 is 10.0 Å². The number of aromatic hydroxyl groups is 1. The molecule has 0 aromatic heterocycles. The van der Waals surface area contributed by atoms with Crippen LogP contribution in [0.15, 0.2) is 84.9 Å². The van der Waals surface area contributed by atoms with Crippen molar-refractivity contribution in [2.24, 2.45) is 0 Å². The molecule has 1 N–H and O–H groups in total. The molecule has 0 radical (unpaired) electrons. The second-order valence-electron chi connectivity index (χ2n) is 6.40. The summed E-state index contributed by atoms with van der Waals surface area (Å²) in [6, 6.07) is 26.7. The van der Waals surface area contributed by atoms with Crippen LogP contribution in [0.1, 0.15) is 29.7 Å². The normalized spacial score (nSPS) is 11.7. The van der Waals surface area contributed by atoms with Gasteiger partial charge in [-0.1, -0.05) is 78.9 Å². The Kier molecular flexibility index (Phi) is 5.69. The first-order chi connectivity index (χ1) is 12.6. The van der Waals surface area contributed by atoms with Crippen molar-refractivity contribution in [3.63, 3.8) is 0 Å². The smallest absolute Gasteiger partial charge is 0.227 e. The second-order valence-corrected chi connectivity index (χ2v) is 6.40. The molecule has 0 bridgehead atoms. The molecular formula is C23H23NO2. The molecule has 0 aliphatic carbocycles. The highest BCUT2D eigenvalue weighted by molar-refractivity contribution is 5.79. The molecule has 0 heterocycles. The van der Waals surface area contributed by atoms with E-state index in [1.54, 1.807) is 12.1 Å². The van der Waals surface area contributed by atoms with Gasteiger partial charge in [-0.2, -0.15) is 0 Å². The SMILES string of the molecule is CC(c1ccccc1O)N(Cc1ccccc1)C(=O)Cc1ccccc1. The Morgan fingerprint density at radius 3 is 2.00 bits per heavy atom. The average Bonchev–Trinajstić information content (AvgIpc) is 2.67. The monoisotopic (exact) mass is 345 g/mol. The Hall–Kier alpha value is -3.07. The number of nitrogens with zero attached hydrogens (tertiary/aromatic N) is 1. The fraction of sp³-hybridized carbons (Fsp3) is 0.174. The lowest BCUT2D eigenvalue weighted by Crippen LogP contribution is -2.34. The molecule has 3 rings (SSSR count). The minimum atomic E-state index is -0.229. The summed E-state index contributed by atoms with van der Waals surface area (Å²) in [5, 5.41) is 10.2. The molecule has 3 nitrogen and oxygen atoms in total. The fourth-order valence-electron chi connectivity index (χ4n) is 3.10. The van der Waals surface area contributed by atoms with E-state index in [0.29, 0.717) is 13.0 Å². The Balaban J connectivity index is 1.88. The fourth-order valence-corrected chi connectivity index (χ4v) is 3.10. The molecule has 0 fully saturated rings. The van der Waals surface area contributed by atoms with Crippen LogP contribution in [0.25, 0.3) is 0 Å². The molecule has 0 aliphatic rings. The first-order valence-corrected chi connectivity index (χ1v) is 8.80. The van der Waals surface area contributed by atoms with Gasteiger partial charge in [0, 0.05) is 12.1 Å². The molecule has 3 aromatic carbocycles. The van der Waals surface area contributed by atoms with Crippen molar-refractivity contribution in [3.05, 3.63) is 102 Å². The molecule has 1 amide bonds. The summed E-state index contributed by atoms with van der Waals surface area (Å²) in [5.41, 5.74) is 2.81. The third-order valence-electron chi connectivity index (χ3n) is 4.57. The number of carbonyl (C=O) groups excluding carboxylic acids is 1. The number of phenols is 1. The second kappa shape index (κ2) is 8.34. The summed E-state index contributed by atoms with van der Waals surface area (Å²) in [5.74, 6) is 0.251. The molecule has 0 aliphatic heterocycles. The number of carbonyl (C=O) groups is 1. The van der Waals surface area contributed by atoms with Crippen molar-refractivity contribution in [2.45, 2.75) is 25.9 Å². The zero-order chi connectivity index (χ0) is 18.4. The lowest BCUT2D eigenvalue weighted by Gasteiger charge is -2.30. The van der Waals surface area contributed by atoms with Crippen molar-refractivity contribution < 1.29 is 9.90 Å². The van der Waals surface area contributed by atoms with E-state index in [-0.39, 0.29) is 17.7 Å². The van der Waals surface area contributed by atoms with Crippen molar-refractivity contribution in [1.29, 1.82) is 0 Å². The van der Waals surface area contributed by atoms with E-state index in [0.717, 1.165) is 16.7 Å². The van der Waals surface area contributed by atoms with Gasteiger partial charge in [0.2, 0.25) is 5.91 Å². The first kappa shape index (κ1) is 17.7. The predicted octanol–water partition coefficient (Wildman–Crippen LogP) is 4.72. The number of hydrogen-bond donors (Lipinski definition) is 1. The van der Waals surface area contributed by atoms with Crippen LogP contribution in [0.4, 0.5) is 0 Å². The van der Waals surface area contributed by atoms with E-state index in [1.165, 1.54) is 0 Å². The largest absolute Gasteiger partial charge is 0.508 e. The molecule has 1 atom stereocenters. The Bertz CT molecular complexity index is 846. The molecule has 0 spiro atoms. The van der Waals surface area contributed by atoms with Crippen LogP contribution in [0.2, 0.25) is 0 Å². The number of phenolic OH excluding ortho intramolecular Hbond substituents is 1. The highest BCUT2D eigenvalue weighted by Gasteiger charge is 2.23. The van der Waals surface area contributed by atoms with Gasteiger partial charge in [0.15, 0.2) is 0 Å². The summed E-state index contributed by atoms with van der Waals surface area (Å²) in [4.78, 5) is 14.9. The van der Waals surface area contributed by atoms with E-state index in [2.05, 4.69) is 0 Å². The summed E-state index contributed by atoms with van der Waals surface area (Å²) in [7, 11) is 0.